The molecule has 5 amide bonds. The van der Waals surface area contributed by atoms with E-state index < -0.39 is 59.0 Å². The second kappa shape index (κ2) is 17.5. The zero-order valence-electron chi connectivity index (χ0n) is 31.5. The van der Waals surface area contributed by atoms with Crippen molar-refractivity contribution in [2.75, 3.05) is 6.54 Å². The Balaban J connectivity index is 1.57. The average molecular weight is 710 g/mol. The molecule has 4 N–H and O–H groups in total. The monoisotopic (exact) mass is 709 g/mol. The Morgan fingerprint density at radius 2 is 1.59 bits per heavy atom. The lowest BCUT2D eigenvalue weighted by atomic mass is 9.82. The first kappa shape index (κ1) is 39.9. The summed E-state index contributed by atoms with van der Waals surface area (Å²) in [4.78, 5) is 92.1. The van der Waals surface area contributed by atoms with E-state index in [0.29, 0.717) is 13.0 Å². The molecule has 3 fully saturated rings. The molecule has 1 aromatic heterocycles. The number of carbonyl (C=O) groups excluding carboxylic acids is 6. The third-order valence-electron chi connectivity index (χ3n) is 11.1. The van der Waals surface area contributed by atoms with Gasteiger partial charge in [0, 0.05) is 25.0 Å². The predicted octanol–water partition coefficient (Wildman–Crippen LogP) is 3.33. The van der Waals surface area contributed by atoms with Gasteiger partial charge in [-0.3, -0.25) is 33.8 Å². The van der Waals surface area contributed by atoms with Gasteiger partial charge in [-0.15, -0.1) is 0 Å². The maximum atomic E-state index is 14.6. The van der Waals surface area contributed by atoms with Crippen molar-refractivity contribution in [3.63, 3.8) is 0 Å². The Labute approximate surface area is 302 Å². The Morgan fingerprint density at radius 3 is 2.20 bits per heavy atom. The van der Waals surface area contributed by atoms with E-state index in [-0.39, 0.29) is 47.7 Å². The number of Topliss-reactive ketones (excluding diaryl/α,β-unsaturated/α-hetero) is 1. The van der Waals surface area contributed by atoms with Crippen LogP contribution in [-0.4, -0.2) is 86.9 Å². The van der Waals surface area contributed by atoms with Gasteiger partial charge in [-0.1, -0.05) is 73.6 Å². The Morgan fingerprint density at radius 1 is 0.882 bits per heavy atom. The van der Waals surface area contributed by atoms with E-state index in [2.05, 4.69) is 31.2 Å². The van der Waals surface area contributed by atoms with Crippen LogP contribution < -0.4 is 21.3 Å². The molecule has 0 unspecified atom stereocenters. The third-order valence-corrected chi connectivity index (χ3v) is 11.1. The summed E-state index contributed by atoms with van der Waals surface area (Å²) in [5, 5.41) is 11.5. The van der Waals surface area contributed by atoms with Gasteiger partial charge in [0.15, 0.2) is 0 Å². The molecule has 2 saturated carbocycles. The number of amides is 5. The van der Waals surface area contributed by atoms with Gasteiger partial charge in [0.05, 0.1) is 12.2 Å². The minimum absolute atomic E-state index is 0.0961. The molecule has 3 aliphatic rings. The molecule has 1 aliphatic heterocycles. The highest BCUT2D eigenvalue weighted by atomic mass is 16.2. The number of nitrogens with one attached hydrogen (secondary N) is 4. The minimum Gasteiger partial charge on any atom is -0.347 e. The first-order chi connectivity index (χ1) is 24.1. The minimum atomic E-state index is -1.02. The summed E-state index contributed by atoms with van der Waals surface area (Å²) in [5.74, 6) is -3.22. The molecule has 2 heterocycles. The summed E-state index contributed by atoms with van der Waals surface area (Å²) in [6.07, 6.45) is 12.1. The molecule has 282 valence electrons. The number of fused-ring (bicyclic) bond motifs is 1. The summed E-state index contributed by atoms with van der Waals surface area (Å²) >= 11 is 0. The number of ketones is 1. The summed E-state index contributed by atoms with van der Waals surface area (Å²) in [6.45, 7) is 13.6. The number of hydrogen-bond donors (Lipinski definition) is 4. The van der Waals surface area contributed by atoms with Crippen molar-refractivity contribution in [1.29, 1.82) is 0 Å². The first-order valence-electron chi connectivity index (χ1n) is 19.0. The zero-order valence-corrected chi connectivity index (χ0v) is 31.5. The van der Waals surface area contributed by atoms with Crippen LogP contribution in [0.5, 0.6) is 0 Å². The number of likely N-dealkylation sites (tertiary alicyclic amines) is 1. The van der Waals surface area contributed by atoms with Crippen molar-refractivity contribution in [2.45, 2.75) is 143 Å². The molecule has 1 saturated heterocycles. The molecule has 0 aromatic carbocycles. The topological polar surface area (TPSA) is 180 Å². The molecule has 51 heavy (non-hydrogen) atoms. The van der Waals surface area contributed by atoms with E-state index in [9.17, 15) is 28.8 Å². The van der Waals surface area contributed by atoms with Crippen LogP contribution in [0.3, 0.4) is 0 Å². The normalized spacial score (nSPS) is 23.1. The fourth-order valence-electron chi connectivity index (χ4n) is 7.83. The number of carbonyl (C=O) groups is 6. The average Bonchev–Trinajstić information content (AvgIpc) is 3.70. The molecule has 0 spiro atoms. The molecular formula is C38H59N7O6. The first-order valence-corrected chi connectivity index (χ1v) is 19.0. The second-order valence-corrected chi connectivity index (χ2v) is 16.3. The van der Waals surface area contributed by atoms with Gasteiger partial charge >= 0.3 is 0 Å². The van der Waals surface area contributed by atoms with E-state index >= 15 is 0 Å². The molecule has 1 aromatic rings. The van der Waals surface area contributed by atoms with Crippen LogP contribution in [0.1, 0.15) is 123 Å². The SMILES string of the molecule is CCC[C@@H](NC(=O)[C@@H]1[C@H]2CCC[C@H]2CN1C(=O)[C@H](NC(=O)[C@H](NC(=O)c1cnccn1)C1CCCCC1)C(C)(C)C)C(=O)C(=O)N[C@H](C)C(C)C. The quantitative estimate of drug-likeness (QED) is 0.213. The molecular weight excluding hydrogens is 650 g/mol. The van der Waals surface area contributed by atoms with Crippen LogP contribution in [0.15, 0.2) is 18.6 Å². The molecule has 13 heteroatoms. The molecule has 0 radical (unpaired) electrons. The van der Waals surface area contributed by atoms with Gasteiger partial charge < -0.3 is 26.2 Å². The van der Waals surface area contributed by atoms with Gasteiger partial charge in [-0.2, -0.15) is 0 Å². The Hall–Kier alpha value is -3.90. The standard InChI is InChI=1S/C38H59N7O6/c1-8-13-27(31(46)36(50)41-23(4)22(2)3)42-35(49)30-26-17-12-16-25(26)21-45(30)37(51)32(38(5,6)7)44-34(48)29(24-14-10-9-11-15-24)43-33(47)28-20-39-18-19-40-28/h18-20,22-27,29-30,32H,8-17,21H2,1-7H3,(H,41,50)(H,42,49)(H,43,47)(H,44,48)/t23-,25+,26+,27-,29-,30+,32+/m1/s1. The molecule has 4 rings (SSSR count). The van der Waals surface area contributed by atoms with E-state index in [1.54, 1.807) is 4.90 Å². The highest BCUT2D eigenvalue weighted by molar-refractivity contribution is 6.38. The van der Waals surface area contributed by atoms with Crippen LogP contribution in [0.2, 0.25) is 0 Å². The smallest absolute Gasteiger partial charge is 0.289 e. The maximum Gasteiger partial charge on any atom is 0.289 e. The van der Waals surface area contributed by atoms with E-state index in [1.165, 1.54) is 18.6 Å². The van der Waals surface area contributed by atoms with Crippen molar-refractivity contribution in [3.05, 3.63) is 24.3 Å². The number of aromatic nitrogens is 2. The molecule has 7 atom stereocenters. The van der Waals surface area contributed by atoms with Crippen LogP contribution >= 0.6 is 0 Å². The fourth-order valence-corrected chi connectivity index (χ4v) is 7.83. The van der Waals surface area contributed by atoms with Gasteiger partial charge in [0.1, 0.15) is 23.8 Å². The van der Waals surface area contributed by atoms with Crippen molar-refractivity contribution < 1.29 is 28.8 Å². The number of rotatable bonds is 14. The molecule has 13 nitrogen and oxygen atoms in total. The van der Waals surface area contributed by atoms with Crippen LogP contribution in [0.4, 0.5) is 0 Å². The van der Waals surface area contributed by atoms with E-state index in [4.69, 9.17) is 0 Å². The lowest BCUT2D eigenvalue weighted by Gasteiger charge is -2.38. The summed E-state index contributed by atoms with van der Waals surface area (Å²) in [7, 11) is 0. The van der Waals surface area contributed by atoms with Crippen molar-refractivity contribution in [2.24, 2.45) is 29.1 Å². The Bertz CT molecular complexity index is 1410. The van der Waals surface area contributed by atoms with E-state index in [0.717, 1.165) is 51.4 Å². The number of hydrogen-bond acceptors (Lipinski definition) is 8. The van der Waals surface area contributed by atoms with Gasteiger partial charge in [-0.05, 0) is 68.1 Å². The lowest BCUT2D eigenvalue weighted by molar-refractivity contribution is -0.146. The molecule has 2 aliphatic carbocycles. The van der Waals surface area contributed by atoms with Crippen molar-refractivity contribution in [3.8, 4) is 0 Å². The predicted molar refractivity (Wildman–Crippen MR) is 192 cm³/mol. The summed E-state index contributed by atoms with van der Waals surface area (Å²) < 4.78 is 0. The van der Waals surface area contributed by atoms with E-state index in [1.807, 2.05) is 48.5 Å². The van der Waals surface area contributed by atoms with Crippen LogP contribution in [-0.2, 0) is 24.0 Å². The van der Waals surface area contributed by atoms with Crippen LogP contribution in [0, 0.1) is 29.1 Å². The van der Waals surface area contributed by atoms with Gasteiger partial charge in [-0.25, -0.2) is 4.98 Å². The molecule has 0 bridgehead atoms. The Kier molecular flexibility index (Phi) is 13.7. The van der Waals surface area contributed by atoms with Crippen molar-refractivity contribution in [1.82, 2.24) is 36.1 Å². The third kappa shape index (κ3) is 9.91. The largest absolute Gasteiger partial charge is 0.347 e. The summed E-state index contributed by atoms with van der Waals surface area (Å²) in [6, 6.07) is -3.98. The number of nitrogens with zero attached hydrogens (tertiary/aromatic N) is 3. The van der Waals surface area contributed by atoms with Crippen molar-refractivity contribution >= 4 is 35.3 Å². The van der Waals surface area contributed by atoms with Crippen LogP contribution in [0.25, 0.3) is 0 Å². The maximum absolute atomic E-state index is 14.6. The lowest BCUT2D eigenvalue weighted by Crippen LogP contribution is -2.62. The highest BCUT2D eigenvalue weighted by Crippen LogP contribution is 2.43. The zero-order chi connectivity index (χ0) is 37.5. The fraction of sp³-hybridized carbons (Fsp3) is 0.737. The second-order valence-electron chi connectivity index (χ2n) is 16.3. The summed E-state index contributed by atoms with van der Waals surface area (Å²) in [5.41, 5.74) is -0.651. The highest BCUT2D eigenvalue weighted by Gasteiger charge is 2.52. The van der Waals surface area contributed by atoms with Gasteiger partial charge in [0.2, 0.25) is 23.5 Å². The van der Waals surface area contributed by atoms with Gasteiger partial charge in [0.25, 0.3) is 11.8 Å².